The van der Waals surface area contributed by atoms with E-state index in [1.54, 1.807) is 34.0 Å². The smallest absolute Gasteiger partial charge is 0.407 e. The molecule has 5 atom stereocenters. The van der Waals surface area contributed by atoms with Gasteiger partial charge in [-0.05, 0) is 104 Å². The van der Waals surface area contributed by atoms with Gasteiger partial charge in [0.05, 0.1) is 19.1 Å². The predicted octanol–water partition coefficient (Wildman–Crippen LogP) is 2.84. The van der Waals surface area contributed by atoms with E-state index >= 15 is 0 Å². The topological polar surface area (TPSA) is 191 Å². The zero-order valence-corrected chi connectivity index (χ0v) is 32.0. The molecule has 0 saturated carbocycles. The van der Waals surface area contributed by atoms with Gasteiger partial charge in [0, 0.05) is 38.0 Å². The average molecular weight is 745 g/mol. The van der Waals surface area contributed by atoms with Crippen molar-refractivity contribution in [3.63, 3.8) is 0 Å². The van der Waals surface area contributed by atoms with Crippen LogP contribution in [0.4, 0.5) is 4.79 Å². The van der Waals surface area contributed by atoms with E-state index in [0.29, 0.717) is 43.7 Å². The molecule has 294 valence electrons. The monoisotopic (exact) mass is 744 g/mol. The Morgan fingerprint density at radius 1 is 1.11 bits per heavy atom. The highest BCUT2D eigenvalue weighted by molar-refractivity contribution is 5.87. The molecule has 1 aliphatic carbocycles. The number of carbonyl (C=O) groups is 5. The van der Waals surface area contributed by atoms with Crippen LogP contribution in [0.25, 0.3) is 0 Å². The molecule has 4 rings (SSSR count). The fourth-order valence-electron chi connectivity index (χ4n) is 6.97. The number of rotatable bonds is 14. The lowest BCUT2D eigenvalue weighted by Gasteiger charge is -2.44. The van der Waals surface area contributed by atoms with Gasteiger partial charge in [-0.1, -0.05) is 6.07 Å². The van der Waals surface area contributed by atoms with Crippen LogP contribution in [0.2, 0.25) is 0 Å². The molecule has 4 N–H and O–H groups in total. The fourth-order valence-corrected chi connectivity index (χ4v) is 6.97. The molecular weight excluding hydrogens is 688 g/mol. The van der Waals surface area contributed by atoms with Crippen LogP contribution in [0.3, 0.4) is 0 Å². The van der Waals surface area contributed by atoms with Gasteiger partial charge in [0.15, 0.2) is 23.7 Å². The quantitative estimate of drug-likeness (QED) is 0.124. The lowest BCUT2D eigenvalue weighted by atomic mass is 9.77. The number of methoxy groups -OCH3 is 1. The van der Waals surface area contributed by atoms with Crippen molar-refractivity contribution in [2.24, 2.45) is 0 Å². The Morgan fingerprint density at radius 3 is 2.57 bits per heavy atom. The number of nitrogens with one attached hydrogen (secondary N) is 3. The number of hydrogen-bond acceptors (Lipinski definition) is 12. The molecule has 0 aromatic heterocycles. The van der Waals surface area contributed by atoms with Crippen molar-refractivity contribution in [1.29, 1.82) is 0 Å². The first kappa shape index (κ1) is 41.4. The summed E-state index contributed by atoms with van der Waals surface area (Å²) >= 11 is 0. The number of unbranched alkanes of at least 4 members (excludes halogenated alkanes) is 1. The van der Waals surface area contributed by atoms with Gasteiger partial charge in [0.2, 0.25) is 11.8 Å². The Morgan fingerprint density at radius 2 is 1.87 bits per heavy atom. The van der Waals surface area contributed by atoms with Gasteiger partial charge >= 0.3 is 18.0 Å². The summed E-state index contributed by atoms with van der Waals surface area (Å²) in [5.41, 5.74) is 0.349. The Bertz CT molecular complexity index is 1540. The van der Waals surface area contributed by atoms with Crippen molar-refractivity contribution in [1.82, 2.24) is 20.9 Å². The average Bonchev–Trinajstić information content (AvgIpc) is 3.07. The third-order valence-corrected chi connectivity index (χ3v) is 9.59. The first-order chi connectivity index (χ1) is 25.0. The van der Waals surface area contributed by atoms with E-state index < -0.39 is 53.4 Å². The molecule has 15 nitrogen and oxygen atoms in total. The second-order valence-corrected chi connectivity index (χ2v) is 15.0. The molecule has 6 bridgehead atoms. The third-order valence-electron chi connectivity index (χ3n) is 9.59. The number of aliphatic hydroxyl groups is 1. The van der Waals surface area contributed by atoms with Gasteiger partial charge in [-0.2, -0.15) is 0 Å². The minimum Gasteiger partial charge on any atom is -0.493 e. The molecule has 2 heterocycles. The van der Waals surface area contributed by atoms with E-state index in [-0.39, 0.29) is 43.5 Å². The molecular formula is C38H56N4O11. The Kier molecular flexibility index (Phi) is 14.1. The molecule has 0 saturated heterocycles. The number of hydrogen-bond donors (Lipinski definition) is 4. The highest BCUT2D eigenvalue weighted by Crippen LogP contribution is 2.44. The van der Waals surface area contributed by atoms with Gasteiger partial charge in [0.1, 0.15) is 17.4 Å². The van der Waals surface area contributed by atoms with Crippen LogP contribution in [-0.4, -0.2) is 109 Å². The molecule has 1 aromatic rings. The lowest BCUT2D eigenvalue weighted by Crippen LogP contribution is -2.56. The van der Waals surface area contributed by atoms with E-state index in [2.05, 4.69) is 20.9 Å². The summed E-state index contributed by atoms with van der Waals surface area (Å²) in [7, 11) is 3.59. The van der Waals surface area contributed by atoms with Gasteiger partial charge in [-0.3, -0.25) is 14.4 Å². The van der Waals surface area contributed by atoms with Crippen LogP contribution < -0.4 is 25.4 Å². The highest BCUT2D eigenvalue weighted by Gasteiger charge is 2.47. The van der Waals surface area contributed by atoms with Gasteiger partial charge in [-0.25, -0.2) is 9.59 Å². The maximum Gasteiger partial charge on any atom is 0.407 e. The second-order valence-electron chi connectivity index (χ2n) is 15.0. The summed E-state index contributed by atoms with van der Waals surface area (Å²) in [5.74, 6) is -1.06. The zero-order chi connectivity index (χ0) is 38.9. The second kappa shape index (κ2) is 18.1. The van der Waals surface area contributed by atoms with Crippen molar-refractivity contribution < 1.29 is 52.8 Å². The number of benzene rings is 1. The van der Waals surface area contributed by atoms with Gasteiger partial charge < -0.3 is 49.6 Å². The summed E-state index contributed by atoms with van der Waals surface area (Å²) in [5, 5.41) is 19.9. The molecule has 2 aliphatic heterocycles. The van der Waals surface area contributed by atoms with Crippen LogP contribution >= 0.6 is 0 Å². The SMILES string of the molecule is COc1ccc2c3c1O[C@@H]1C[C@@](O)(CC=C1OC(=O)[C@H](C)OC(=O)CCNC(=O)[C@H](CCCCNC(=O)OC(C)(C)C)NC(C)=O)[C@@H](C2)N(C)CCC3. The largest absolute Gasteiger partial charge is 0.493 e. The summed E-state index contributed by atoms with van der Waals surface area (Å²) in [4.78, 5) is 64.4. The lowest BCUT2D eigenvalue weighted by molar-refractivity contribution is -0.165. The Hall–Kier alpha value is -4.37. The third kappa shape index (κ3) is 11.6. The standard InChI is InChI=1S/C38H56N4O11/c1-23(50-32(44)16-19-39-34(45)27(41-24(2)43)12-8-9-18-40-36(47)53-37(3,4)5)35(46)52-28-15-17-38(48)22-30(28)51-33-26-11-10-20-42(6)31(38)21-25(26)13-14-29(33)49-7/h13-15,23,27,30-31,48H,8-12,16-22H2,1-7H3,(H,39,45)(H,40,47)(H,41,43)/t23-,27-,30+,31+,38-/m0/s1. The van der Waals surface area contributed by atoms with Gasteiger partial charge in [-0.15, -0.1) is 0 Å². The molecule has 15 heteroatoms. The summed E-state index contributed by atoms with van der Waals surface area (Å²) < 4.78 is 28.5. The molecule has 1 aromatic carbocycles. The van der Waals surface area contributed by atoms with Crippen molar-refractivity contribution in [3.05, 3.63) is 35.1 Å². The number of amides is 3. The van der Waals surface area contributed by atoms with E-state index in [0.717, 1.165) is 30.5 Å². The number of carbonyl (C=O) groups excluding carboxylic acids is 5. The van der Waals surface area contributed by atoms with Crippen LogP contribution in [0.5, 0.6) is 11.5 Å². The predicted molar refractivity (Wildman–Crippen MR) is 193 cm³/mol. The molecule has 0 fully saturated rings. The summed E-state index contributed by atoms with van der Waals surface area (Å²) in [6.45, 7) is 9.05. The van der Waals surface area contributed by atoms with E-state index in [1.807, 2.05) is 19.2 Å². The number of alkyl carbamates (subject to hydrolysis) is 1. The molecule has 0 radical (unpaired) electrons. The molecule has 3 aliphatic rings. The normalized spacial score (nSPS) is 22.1. The van der Waals surface area contributed by atoms with Crippen LogP contribution in [0.1, 0.15) is 90.7 Å². The number of likely N-dealkylation sites (N-methyl/N-ethyl adjacent to an activating group) is 1. The van der Waals surface area contributed by atoms with Crippen molar-refractivity contribution in [3.8, 4) is 11.5 Å². The zero-order valence-electron chi connectivity index (χ0n) is 32.0. The fraction of sp³-hybridized carbons (Fsp3) is 0.658. The van der Waals surface area contributed by atoms with Crippen molar-refractivity contribution >= 4 is 29.8 Å². The molecule has 3 amide bonds. The number of nitrogens with zero attached hydrogens (tertiary/aromatic N) is 1. The number of ether oxygens (including phenoxy) is 5. The molecule has 53 heavy (non-hydrogen) atoms. The van der Waals surface area contributed by atoms with Crippen LogP contribution in [0, 0.1) is 0 Å². The summed E-state index contributed by atoms with van der Waals surface area (Å²) in [6.07, 6.45) is 2.91. The highest BCUT2D eigenvalue weighted by atomic mass is 16.6. The van der Waals surface area contributed by atoms with Crippen molar-refractivity contribution in [2.75, 3.05) is 33.8 Å². The molecule has 0 spiro atoms. The summed E-state index contributed by atoms with van der Waals surface area (Å²) in [6, 6.07) is 2.86. The number of fused-ring (bicyclic) bond motifs is 4. The molecule has 0 unspecified atom stereocenters. The maximum absolute atomic E-state index is 13.2. The van der Waals surface area contributed by atoms with Gasteiger partial charge in [0.25, 0.3) is 0 Å². The minimum atomic E-state index is -1.27. The van der Waals surface area contributed by atoms with E-state index in [9.17, 15) is 29.1 Å². The van der Waals surface area contributed by atoms with Crippen LogP contribution in [0.15, 0.2) is 24.0 Å². The van der Waals surface area contributed by atoms with Crippen molar-refractivity contribution in [2.45, 2.75) is 128 Å². The first-order valence-corrected chi connectivity index (χ1v) is 18.4. The minimum absolute atomic E-state index is 0.0891. The van der Waals surface area contributed by atoms with E-state index in [1.165, 1.54) is 13.8 Å². The number of esters is 2. The van der Waals surface area contributed by atoms with E-state index in [4.69, 9.17) is 23.7 Å². The van der Waals surface area contributed by atoms with Crippen LogP contribution in [-0.2, 0) is 46.2 Å². The maximum atomic E-state index is 13.2. The Balaban J connectivity index is 1.29. The Labute approximate surface area is 311 Å². The first-order valence-electron chi connectivity index (χ1n) is 18.4.